The first-order valence-electron chi connectivity index (χ1n) is 10.7. The van der Waals surface area contributed by atoms with Gasteiger partial charge in [-0.15, -0.1) is 0 Å². The van der Waals surface area contributed by atoms with Gasteiger partial charge in [0.1, 0.15) is 5.78 Å². The Bertz CT molecular complexity index is 324. The Balaban J connectivity index is -0.0000000580. The van der Waals surface area contributed by atoms with Crippen molar-refractivity contribution in [1.29, 1.82) is 0 Å². The van der Waals surface area contributed by atoms with Gasteiger partial charge in [-0.2, -0.15) is 0 Å². The van der Waals surface area contributed by atoms with Crippen LogP contribution in [0.5, 0.6) is 0 Å². The summed E-state index contributed by atoms with van der Waals surface area (Å²) in [5.41, 5.74) is 0. The van der Waals surface area contributed by atoms with Crippen molar-refractivity contribution in [3.63, 3.8) is 0 Å². The molecule has 0 heterocycles. The van der Waals surface area contributed by atoms with E-state index in [1.165, 1.54) is 4.02 Å². The Morgan fingerprint density at radius 1 is 0.967 bits per heavy atom. The number of ether oxygens (including phenoxy) is 2. The monoisotopic (exact) mass is 604 g/mol. The van der Waals surface area contributed by atoms with E-state index in [0.717, 1.165) is 19.6 Å². The minimum absolute atomic E-state index is 0.255. The van der Waals surface area contributed by atoms with Crippen LogP contribution in [0.15, 0.2) is 12.2 Å². The molecule has 0 saturated heterocycles. The molecule has 0 aromatic carbocycles. The van der Waals surface area contributed by atoms with E-state index in [1.807, 2.05) is 39.8 Å². The predicted octanol–water partition coefficient (Wildman–Crippen LogP) is 5.46. The van der Waals surface area contributed by atoms with Crippen molar-refractivity contribution >= 4 is 9.81 Å². The molecule has 0 aromatic rings. The summed E-state index contributed by atoms with van der Waals surface area (Å²) in [5.74, 6) is 0.255. The zero-order valence-electron chi connectivity index (χ0n) is 23.1. The molecule has 0 N–H and O–H groups in total. The van der Waals surface area contributed by atoms with Crippen LogP contribution in [-0.2, 0) is 33.6 Å². The molecule has 0 aliphatic carbocycles. The Labute approximate surface area is 202 Å². The van der Waals surface area contributed by atoms with Crippen LogP contribution in [0.4, 0.5) is 0 Å². The summed E-state index contributed by atoms with van der Waals surface area (Å²) in [6.07, 6.45) is 6.21. The molecule has 0 aromatic heterocycles. The second-order valence-corrected chi connectivity index (χ2v) is 8.69. The van der Waals surface area contributed by atoms with Crippen LogP contribution >= 0.6 is 0 Å². The zero-order valence-corrected chi connectivity index (χ0v) is 26.0. The van der Waals surface area contributed by atoms with Gasteiger partial charge in [-0.05, 0) is 61.7 Å². The molecule has 0 amide bonds. The van der Waals surface area contributed by atoms with Crippen molar-refractivity contribution in [1.82, 2.24) is 9.80 Å². The van der Waals surface area contributed by atoms with Crippen molar-refractivity contribution < 1.29 is 33.6 Å². The average Bonchev–Trinajstić information content (AvgIpc) is 2.74. The number of allylic oxidation sites excluding steroid dienone is 2. The maximum atomic E-state index is 9.81. The van der Waals surface area contributed by atoms with E-state index in [-0.39, 0.29) is 5.78 Å². The summed E-state index contributed by atoms with van der Waals surface area (Å²) in [4.78, 5) is 14.1. The fraction of sp³-hybridized carbons (Fsp3) is 0.833. The van der Waals surface area contributed by atoms with E-state index in [0.29, 0.717) is 12.5 Å². The molecular weight excluding hydrogens is 548 g/mol. The second kappa shape index (κ2) is 42.8. The van der Waals surface area contributed by atoms with E-state index in [4.69, 9.17) is 4.74 Å². The number of methoxy groups -OCH3 is 2. The predicted molar refractivity (Wildman–Crippen MR) is 134 cm³/mol. The SMILES string of the molecule is CC=CC.CCC(C)=O.CCC(C)OC.CCN(C)C.CCOC.C[C](=[W])N(C)C. The maximum absolute atomic E-state index is 9.81. The Hall–Kier alpha value is -0.192. The fourth-order valence-electron chi connectivity index (χ4n) is 0.167. The Morgan fingerprint density at radius 2 is 1.23 bits per heavy atom. The molecular formula is C24H56N2O3W. The average molecular weight is 605 g/mol. The molecule has 30 heavy (non-hydrogen) atoms. The molecule has 5 nitrogen and oxygen atoms in total. The van der Waals surface area contributed by atoms with Gasteiger partial charge in [-0.3, -0.25) is 0 Å². The van der Waals surface area contributed by atoms with Crippen LogP contribution in [0, 0.1) is 0 Å². The van der Waals surface area contributed by atoms with Gasteiger partial charge in [0.2, 0.25) is 0 Å². The molecule has 0 bridgehead atoms. The molecule has 0 aliphatic rings. The van der Waals surface area contributed by atoms with Crippen molar-refractivity contribution in [3.05, 3.63) is 12.2 Å². The number of carbonyl (C=O) groups excluding carboxylic acids is 1. The standard InChI is InChI=1S/C5H12O.C4H11N.C4H9N.C4H8O.C4H8.C3H8O.W/c1-4-5(2)6-3;2*1-4-5(2)3;1-3-4(2)5;2*1-3-4-2;/h5H,4H2,1-3H3;4H2,1-3H3;1-3H3;3H2,1-2H3;3-4H,1-2H3;3H2,1-2H3;. The van der Waals surface area contributed by atoms with Gasteiger partial charge in [0.05, 0.1) is 6.10 Å². The second-order valence-electron chi connectivity index (χ2n) is 6.56. The van der Waals surface area contributed by atoms with Gasteiger partial charge in [-0.25, -0.2) is 0 Å². The van der Waals surface area contributed by atoms with Gasteiger partial charge in [0.25, 0.3) is 0 Å². The van der Waals surface area contributed by atoms with Crippen LogP contribution in [0.25, 0.3) is 0 Å². The molecule has 0 fully saturated rings. The van der Waals surface area contributed by atoms with E-state index in [2.05, 4.69) is 70.4 Å². The van der Waals surface area contributed by atoms with Crippen molar-refractivity contribution in [3.8, 4) is 0 Å². The number of nitrogens with zero attached hydrogens (tertiary/aromatic N) is 2. The Morgan fingerprint density at radius 3 is 1.23 bits per heavy atom. The summed E-state index contributed by atoms with van der Waals surface area (Å²) in [5, 5.41) is 0. The van der Waals surface area contributed by atoms with Crippen LogP contribution in [0.2, 0.25) is 0 Å². The summed E-state index contributed by atoms with van der Waals surface area (Å²) in [6.45, 7) is 19.8. The van der Waals surface area contributed by atoms with Crippen LogP contribution in [0.1, 0.15) is 75.2 Å². The minimum atomic E-state index is 0.255. The number of rotatable bonds is 6. The molecule has 6 heteroatoms. The molecule has 1 atom stereocenters. The molecule has 1 unspecified atom stereocenters. The Kier molecular flexibility index (Phi) is 62.3. The van der Waals surface area contributed by atoms with Gasteiger partial charge < -0.3 is 19.2 Å². The molecule has 0 spiro atoms. The third-order valence-corrected chi connectivity index (χ3v) is 4.67. The zero-order chi connectivity index (χ0) is 25.5. The normalized spacial score (nSPS) is 9.90. The van der Waals surface area contributed by atoms with Crippen LogP contribution in [-0.4, -0.2) is 81.3 Å². The first-order chi connectivity index (χ1) is 13.8. The van der Waals surface area contributed by atoms with E-state index in [1.54, 1.807) is 40.5 Å². The number of hydrogen-bond acceptors (Lipinski definition) is 5. The third-order valence-electron chi connectivity index (χ3n) is 3.36. The summed E-state index contributed by atoms with van der Waals surface area (Å²) >= 11 is 1.55. The van der Waals surface area contributed by atoms with Gasteiger partial charge in [0.15, 0.2) is 0 Å². The van der Waals surface area contributed by atoms with E-state index < -0.39 is 0 Å². The topological polar surface area (TPSA) is 42.0 Å². The number of hydrogen-bond donors (Lipinski definition) is 0. The van der Waals surface area contributed by atoms with Crippen molar-refractivity contribution in [2.45, 2.75) is 81.3 Å². The van der Waals surface area contributed by atoms with Crippen LogP contribution in [0.3, 0.4) is 0 Å². The molecule has 0 rings (SSSR count). The summed E-state index contributed by atoms with van der Waals surface area (Å²) in [6, 6.07) is 0. The number of ketones is 1. The molecule has 186 valence electrons. The van der Waals surface area contributed by atoms with Crippen molar-refractivity contribution in [2.75, 3.05) is 55.6 Å². The summed E-state index contributed by atoms with van der Waals surface area (Å²) in [7, 11) is 11.6. The third kappa shape index (κ3) is 105. The number of carbonyl (C=O) groups is 1. The van der Waals surface area contributed by atoms with Crippen LogP contribution < -0.4 is 0 Å². The number of Topliss-reactive ketones (excluding diaryl/α,β-unsaturated/α-hetero) is 1. The molecule has 0 aliphatic heterocycles. The van der Waals surface area contributed by atoms with Gasteiger partial charge in [0, 0.05) is 27.2 Å². The van der Waals surface area contributed by atoms with Gasteiger partial charge in [-0.1, -0.05) is 32.9 Å². The fourth-order valence-corrected chi connectivity index (χ4v) is 0.167. The first kappa shape index (κ1) is 43.6. The van der Waals surface area contributed by atoms with E-state index >= 15 is 0 Å². The first-order valence-corrected chi connectivity index (χ1v) is 12.2. The molecule has 0 radical (unpaired) electrons. The quantitative estimate of drug-likeness (QED) is 0.377. The van der Waals surface area contributed by atoms with Gasteiger partial charge >= 0.3 is 49.3 Å². The summed E-state index contributed by atoms with van der Waals surface area (Å²) < 4.78 is 10.9. The van der Waals surface area contributed by atoms with Crippen molar-refractivity contribution in [2.24, 2.45) is 0 Å². The van der Waals surface area contributed by atoms with E-state index in [9.17, 15) is 4.79 Å². The molecule has 0 saturated carbocycles.